The molecule has 0 saturated carbocycles. The van der Waals surface area contributed by atoms with Crippen molar-refractivity contribution in [2.45, 2.75) is 19.6 Å². The Hall–Kier alpha value is -2.81. The fraction of sp³-hybridized carbons (Fsp3) is 0.200. The molecule has 0 spiro atoms. The van der Waals surface area contributed by atoms with Gasteiger partial charge in [-0.15, -0.1) is 0 Å². The summed E-state index contributed by atoms with van der Waals surface area (Å²) in [4.78, 5) is 7.83. The Morgan fingerprint density at radius 1 is 1.32 bits per heavy atom. The number of nitrogens with one attached hydrogen (secondary N) is 2. The van der Waals surface area contributed by atoms with E-state index in [1.807, 2.05) is 0 Å². The lowest BCUT2D eigenvalue weighted by Gasteiger charge is -2.13. The van der Waals surface area contributed by atoms with E-state index >= 15 is 0 Å². The topological polar surface area (TPSA) is 92.5 Å². The minimum Gasteiger partial charge on any atom is -0.454 e. The van der Waals surface area contributed by atoms with E-state index in [9.17, 15) is 8.78 Å². The summed E-state index contributed by atoms with van der Waals surface area (Å²) < 4.78 is 34.4. The van der Waals surface area contributed by atoms with Gasteiger partial charge < -0.3 is 14.8 Å². The van der Waals surface area contributed by atoms with Crippen LogP contribution >= 0.6 is 11.6 Å². The molecule has 7 nitrogen and oxygen atoms in total. The number of ether oxygens (including phenoxy) is 2. The molecule has 1 heterocycles. The Kier molecular flexibility index (Phi) is 6.58. The van der Waals surface area contributed by atoms with Gasteiger partial charge >= 0.3 is 12.6 Å². The van der Waals surface area contributed by atoms with Gasteiger partial charge in [0, 0.05) is 30.3 Å². The number of nitrogens with zero attached hydrogens (tertiary/aromatic N) is 3. The molecule has 2 rings (SSSR count). The van der Waals surface area contributed by atoms with Crippen molar-refractivity contribution in [3.63, 3.8) is 0 Å². The van der Waals surface area contributed by atoms with Crippen molar-refractivity contribution in [2.24, 2.45) is 5.11 Å². The highest BCUT2D eigenvalue weighted by Gasteiger charge is 2.12. The van der Waals surface area contributed by atoms with Crippen LogP contribution in [0.15, 0.2) is 53.7 Å². The number of hydrogen-bond donors (Lipinski definition) is 2. The maximum Gasteiger partial charge on any atom is 0.387 e. The van der Waals surface area contributed by atoms with Gasteiger partial charge in [0.1, 0.15) is 17.6 Å². The molecular formula is C15H14ClF2N5O2. The molecule has 1 unspecified atom stereocenters. The molecule has 0 bridgehead atoms. The summed E-state index contributed by atoms with van der Waals surface area (Å²) in [6.07, 6.45) is 3.83. The van der Waals surface area contributed by atoms with Crippen LogP contribution in [-0.2, 0) is 0 Å². The first-order chi connectivity index (χ1) is 12.0. The molecule has 0 fully saturated rings. The van der Waals surface area contributed by atoms with Crippen LogP contribution in [0.5, 0.6) is 11.8 Å². The molecule has 2 N–H and O–H groups in total. The average molecular weight is 370 g/mol. The number of benzene rings is 1. The van der Waals surface area contributed by atoms with Crippen LogP contribution in [0.4, 0.5) is 14.5 Å². The first kappa shape index (κ1) is 18.5. The second kappa shape index (κ2) is 8.88. The van der Waals surface area contributed by atoms with Crippen LogP contribution < -0.4 is 14.8 Å². The SMILES string of the molecule is CC(Oc1ncccn1)/C(=C/Nc1ccc(Cl)c(OC(F)F)c1)N=N. The maximum atomic E-state index is 12.3. The van der Waals surface area contributed by atoms with E-state index in [4.69, 9.17) is 21.9 Å². The van der Waals surface area contributed by atoms with Crippen molar-refractivity contribution in [1.82, 2.24) is 9.97 Å². The molecule has 0 aliphatic carbocycles. The van der Waals surface area contributed by atoms with E-state index < -0.39 is 12.7 Å². The Bertz CT molecular complexity index is 746. The summed E-state index contributed by atoms with van der Waals surface area (Å²) in [6, 6.07) is 6.06. The van der Waals surface area contributed by atoms with Crippen molar-refractivity contribution in [3.8, 4) is 11.8 Å². The Labute approximate surface area is 147 Å². The van der Waals surface area contributed by atoms with E-state index in [1.54, 1.807) is 19.1 Å². The van der Waals surface area contributed by atoms with Crippen molar-refractivity contribution in [3.05, 3.63) is 53.6 Å². The number of aromatic nitrogens is 2. The molecule has 0 aliphatic heterocycles. The highest BCUT2D eigenvalue weighted by molar-refractivity contribution is 6.32. The van der Waals surface area contributed by atoms with Crippen LogP contribution in [0.25, 0.3) is 0 Å². The lowest BCUT2D eigenvalue weighted by atomic mass is 10.3. The third-order valence-electron chi connectivity index (χ3n) is 2.90. The first-order valence-electron chi connectivity index (χ1n) is 7.01. The molecule has 10 heteroatoms. The van der Waals surface area contributed by atoms with Crippen LogP contribution in [-0.4, -0.2) is 22.7 Å². The monoisotopic (exact) mass is 369 g/mol. The van der Waals surface area contributed by atoms with Crippen LogP contribution in [0.3, 0.4) is 0 Å². The fourth-order valence-corrected chi connectivity index (χ4v) is 1.90. The van der Waals surface area contributed by atoms with Gasteiger partial charge in [0.2, 0.25) is 0 Å². The minimum absolute atomic E-state index is 0.0539. The van der Waals surface area contributed by atoms with Gasteiger partial charge in [0.25, 0.3) is 0 Å². The van der Waals surface area contributed by atoms with Crippen LogP contribution in [0.2, 0.25) is 5.02 Å². The van der Waals surface area contributed by atoms with Crippen molar-refractivity contribution in [2.75, 3.05) is 5.32 Å². The van der Waals surface area contributed by atoms with Gasteiger partial charge in [-0.3, -0.25) is 0 Å². The predicted molar refractivity (Wildman–Crippen MR) is 87.1 cm³/mol. The third kappa shape index (κ3) is 5.64. The summed E-state index contributed by atoms with van der Waals surface area (Å²) in [5.41, 5.74) is 7.90. The largest absolute Gasteiger partial charge is 0.454 e. The summed E-state index contributed by atoms with van der Waals surface area (Å²) in [7, 11) is 0. The fourth-order valence-electron chi connectivity index (χ4n) is 1.74. The normalized spacial score (nSPS) is 12.6. The Morgan fingerprint density at radius 3 is 2.68 bits per heavy atom. The summed E-state index contributed by atoms with van der Waals surface area (Å²) in [6.45, 7) is -1.32. The van der Waals surface area contributed by atoms with Crippen molar-refractivity contribution in [1.29, 1.82) is 5.53 Å². The molecule has 0 amide bonds. The molecular weight excluding hydrogens is 356 g/mol. The summed E-state index contributed by atoms with van der Waals surface area (Å²) in [5, 5.41) is 6.26. The van der Waals surface area contributed by atoms with E-state index in [0.29, 0.717) is 5.69 Å². The zero-order chi connectivity index (χ0) is 18.2. The number of hydrogen-bond acceptors (Lipinski definition) is 7. The molecule has 0 radical (unpaired) electrons. The number of rotatable bonds is 8. The van der Waals surface area contributed by atoms with Crippen molar-refractivity contribution < 1.29 is 18.3 Å². The van der Waals surface area contributed by atoms with Gasteiger partial charge in [-0.25, -0.2) is 15.5 Å². The highest BCUT2D eigenvalue weighted by atomic mass is 35.5. The number of anilines is 1. The molecule has 0 saturated heterocycles. The first-order valence-corrected chi connectivity index (χ1v) is 7.39. The second-order valence-corrected chi connectivity index (χ2v) is 5.05. The number of halogens is 3. The van der Waals surface area contributed by atoms with Gasteiger partial charge in [-0.2, -0.15) is 13.9 Å². The molecule has 0 aliphatic rings. The molecule has 1 aromatic heterocycles. The lowest BCUT2D eigenvalue weighted by molar-refractivity contribution is -0.0497. The van der Waals surface area contributed by atoms with Crippen LogP contribution in [0.1, 0.15) is 6.92 Å². The van der Waals surface area contributed by atoms with E-state index in [2.05, 4.69) is 25.1 Å². The molecule has 132 valence electrons. The van der Waals surface area contributed by atoms with Gasteiger partial charge in [0.05, 0.1) is 5.02 Å². The molecule has 25 heavy (non-hydrogen) atoms. The Morgan fingerprint density at radius 2 is 2.04 bits per heavy atom. The molecule has 2 aromatic rings. The Balaban J connectivity index is 2.08. The van der Waals surface area contributed by atoms with Gasteiger partial charge in [0.15, 0.2) is 0 Å². The van der Waals surface area contributed by atoms with Crippen LogP contribution in [0, 0.1) is 5.53 Å². The second-order valence-electron chi connectivity index (χ2n) is 4.64. The molecule has 1 atom stereocenters. The highest BCUT2D eigenvalue weighted by Crippen LogP contribution is 2.29. The lowest BCUT2D eigenvalue weighted by Crippen LogP contribution is -2.16. The maximum absolute atomic E-state index is 12.3. The van der Waals surface area contributed by atoms with E-state index in [1.165, 1.54) is 30.7 Å². The summed E-state index contributed by atoms with van der Waals surface area (Å²) in [5.74, 6) is -0.165. The standard InChI is InChI=1S/C15H14ClF2N5O2/c1-9(24-15-20-5-2-6-21-15)12(23-19)8-22-10-3-4-11(16)13(7-10)25-14(17)18/h2-9,14,19,22H,1H3/b12-8-,23-19?. The van der Waals surface area contributed by atoms with E-state index in [0.717, 1.165) is 0 Å². The van der Waals surface area contributed by atoms with E-state index in [-0.39, 0.29) is 22.5 Å². The average Bonchev–Trinajstić information content (AvgIpc) is 2.58. The zero-order valence-corrected chi connectivity index (χ0v) is 13.7. The smallest absolute Gasteiger partial charge is 0.387 e. The quantitative estimate of drug-likeness (QED) is 0.669. The third-order valence-corrected chi connectivity index (χ3v) is 3.22. The summed E-state index contributed by atoms with van der Waals surface area (Å²) >= 11 is 5.79. The number of alkyl halides is 2. The molecule has 1 aromatic carbocycles. The van der Waals surface area contributed by atoms with Gasteiger partial charge in [-0.05, 0) is 25.1 Å². The predicted octanol–water partition coefficient (Wildman–Crippen LogP) is 4.48. The van der Waals surface area contributed by atoms with Gasteiger partial charge in [-0.1, -0.05) is 11.6 Å². The van der Waals surface area contributed by atoms with Crippen molar-refractivity contribution >= 4 is 17.3 Å². The zero-order valence-electron chi connectivity index (χ0n) is 13.0. The minimum atomic E-state index is -2.98.